The van der Waals surface area contributed by atoms with E-state index in [-0.39, 0.29) is 0 Å². The van der Waals surface area contributed by atoms with Crippen LogP contribution in [0.5, 0.6) is 0 Å². The first-order valence-electron chi connectivity index (χ1n) is 4.96. The summed E-state index contributed by atoms with van der Waals surface area (Å²) < 4.78 is 65.4. The molecule has 2 aromatic rings. The molecule has 2 heterocycles. The Balaban J connectivity index is 0. The van der Waals surface area contributed by atoms with E-state index in [2.05, 4.69) is 9.97 Å². The zero-order valence-electron chi connectivity index (χ0n) is 10.8. The van der Waals surface area contributed by atoms with Crippen LogP contribution < -0.4 is 28.0 Å². The summed E-state index contributed by atoms with van der Waals surface area (Å²) in [5, 5.41) is 0. The van der Waals surface area contributed by atoms with E-state index in [0.29, 0.717) is 0 Å². The van der Waals surface area contributed by atoms with E-state index >= 15 is 0 Å². The summed E-state index contributed by atoms with van der Waals surface area (Å²) >= 11 is 0. The molecule has 0 amide bonds. The maximum absolute atomic E-state index is 8.60. The number of nitrogens with zero attached hydrogens (tertiary/aromatic N) is 2. The number of pyridine rings is 2. The van der Waals surface area contributed by atoms with Crippen LogP contribution in [0.15, 0.2) is 61.2 Å². The van der Waals surface area contributed by atoms with Gasteiger partial charge in [0.05, 0.1) is 29.8 Å². The van der Waals surface area contributed by atoms with Crippen LogP contribution in [-0.2, 0) is 0 Å². The van der Waals surface area contributed by atoms with Crippen LogP contribution in [0.25, 0.3) is 0 Å². The number of halogens is 2. The number of hydrogen-bond donors (Lipinski definition) is 2. The van der Waals surface area contributed by atoms with Gasteiger partial charge in [0, 0.05) is 24.8 Å². The quantitative estimate of drug-likeness (QED) is 0.455. The SMILES string of the molecule is [O-][Cl+3]([O-])([O-])O.[O-][Cl+3]([O-])([O-])O.c1ccncc1.c1ccncc1. The minimum atomic E-state index is -4.69. The van der Waals surface area contributed by atoms with Gasteiger partial charge in [0.25, 0.3) is 0 Å². The van der Waals surface area contributed by atoms with Gasteiger partial charge in [-0.1, -0.05) is 12.1 Å². The van der Waals surface area contributed by atoms with Gasteiger partial charge in [-0.3, -0.25) is 9.97 Å². The molecule has 124 valence electrons. The lowest BCUT2D eigenvalue weighted by atomic mass is 10.5. The van der Waals surface area contributed by atoms with Crippen molar-refractivity contribution in [3.63, 3.8) is 0 Å². The summed E-state index contributed by atoms with van der Waals surface area (Å²) in [6, 6.07) is 11.4. The van der Waals surface area contributed by atoms with Gasteiger partial charge in [-0.2, -0.15) is 28.0 Å². The van der Waals surface area contributed by atoms with Crippen molar-refractivity contribution >= 4 is 0 Å². The molecule has 0 atom stereocenters. The van der Waals surface area contributed by atoms with Crippen molar-refractivity contribution in [3.8, 4) is 0 Å². The maximum atomic E-state index is 8.60. The molecule has 0 aliphatic rings. The molecule has 0 fully saturated rings. The van der Waals surface area contributed by atoms with E-state index in [1.54, 1.807) is 24.8 Å². The predicted octanol–water partition coefficient (Wildman–Crippen LogP) is -6.08. The molecule has 2 N–H and O–H groups in total. The van der Waals surface area contributed by atoms with E-state index in [0.717, 1.165) is 0 Å². The molecule has 2 aromatic heterocycles. The van der Waals surface area contributed by atoms with E-state index < -0.39 is 20.5 Å². The number of aromatic nitrogens is 2. The number of hydrogen-bond acceptors (Lipinski definition) is 10. The summed E-state index contributed by atoms with van der Waals surface area (Å²) in [7, 11) is -9.39. The van der Waals surface area contributed by atoms with Gasteiger partial charge in [0.1, 0.15) is 0 Å². The lowest BCUT2D eigenvalue weighted by molar-refractivity contribution is -1.92. The van der Waals surface area contributed by atoms with E-state index in [9.17, 15) is 0 Å². The number of rotatable bonds is 0. The Hall–Kier alpha value is -1.44. The van der Waals surface area contributed by atoms with Crippen LogP contribution in [-0.4, -0.2) is 19.3 Å². The van der Waals surface area contributed by atoms with Crippen LogP contribution in [0.1, 0.15) is 0 Å². The molecule has 0 aliphatic carbocycles. The molecule has 2 rings (SSSR count). The summed E-state index contributed by atoms with van der Waals surface area (Å²) in [6.07, 6.45) is 7.00. The molecular formula is C10H12Cl2N2O8. The Morgan fingerprint density at radius 3 is 0.727 bits per heavy atom. The highest BCUT2D eigenvalue weighted by Gasteiger charge is 1.99. The van der Waals surface area contributed by atoms with Crippen LogP contribution in [0, 0.1) is 20.5 Å². The molecule has 22 heavy (non-hydrogen) atoms. The second-order valence-corrected chi connectivity index (χ2v) is 4.43. The fourth-order valence-corrected chi connectivity index (χ4v) is 0.625. The highest BCUT2D eigenvalue weighted by Crippen LogP contribution is 1.74. The highest BCUT2D eigenvalue weighted by molar-refractivity contribution is 4.88. The third-order valence-corrected chi connectivity index (χ3v) is 1.13. The van der Waals surface area contributed by atoms with Gasteiger partial charge in [-0.05, 0) is 24.3 Å². The minimum Gasteiger partial charge on any atom is -0.265 e. The summed E-state index contributed by atoms with van der Waals surface area (Å²) in [6.45, 7) is 0. The smallest absolute Gasteiger partial charge is 0.0777 e. The highest BCUT2D eigenvalue weighted by atomic mass is 35.7. The standard InChI is InChI=1S/2C5H5N.2ClHO4/c2*1-2-4-6-5-3-1;2*2-1(3,4)5/h2*1-5H;2*(H,2,3,4,5). The first-order chi connectivity index (χ1) is 10.0. The molecule has 10 nitrogen and oxygen atoms in total. The van der Waals surface area contributed by atoms with Gasteiger partial charge < -0.3 is 0 Å². The summed E-state index contributed by atoms with van der Waals surface area (Å²) in [5.74, 6) is 0. The molecule has 0 saturated carbocycles. The zero-order chi connectivity index (χ0) is 17.5. The van der Waals surface area contributed by atoms with Crippen LogP contribution >= 0.6 is 0 Å². The molecule has 0 spiro atoms. The van der Waals surface area contributed by atoms with E-state index in [1.807, 2.05) is 36.4 Å². The third kappa shape index (κ3) is 51.3. The van der Waals surface area contributed by atoms with Crippen molar-refractivity contribution < 1.29 is 57.8 Å². The maximum Gasteiger partial charge on any atom is 0.0777 e. The molecule has 0 saturated heterocycles. The van der Waals surface area contributed by atoms with Crippen LogP contribution in [0.2, 0.25) is 0 Å². The Kier molecular flexibility index (Phi) is 13.7. The van der Waals surface area contributed by atoms with Crippen molar-refractivity contribution in [1.29, 1.82) is 0 Å². The average Bonchev–Trinajstić information content (AvgIpc) is 2.40. The first-order valence-corrected chi connectivity index (χ1v) is 7.49. The zero-order valence-corrected chi connectivity index (χ0v) is 12.3. The molecule has 12 heteroatoms. The topological polar surface area (TPSA) is 205 Å². The van der Waals surface area contributed by atoms with Crippen molar-refractivity contribution in [1.82, 2.24) is 9.97 Å². The summed E-state index contributed by atoms with van der Waals surface area (Å²) in [4.78, 5) is 7.57. The molecule has 0 bridgehead atoms. The Morgan fingerprint density at radius 1 is 0.500 bits per heavy atom. The Labute approximate surface area is 129 Å². The van der Waals surface area contributed by atoms with Gasteiger partial charge in [0.15, 0.2) is 0 Å². The lowest BCUT2D eigenvalue weighted by Crippen LogP contribution is -2.58. The van der Waals surface area contributed by atoms with Crippen molar-refractivity contribution in [2.45, 2.75) is 0 Å². The average molecular weight is 359 g/mol. The van der Waals surface area contributed by atoms with E-state index in [4.69, 9.17) is 37.3 Å². The predicted molar refractivity (Wildman–Crippen MR) is 52.9 cm³/mol. The second kappa shape index (κ2) is 13.2. The largest absolute Gasteiger partial charge is 0.265 e. The second-order valence-electron chi connectivity index (χ2n) is 2.84. The third-order valence-electron chi connectivity index (χ3n) is 1.13. The van der Waals surface area contributed by atoms with Gasteiger partial charge in [-0.15, -0.1) is 0 Å². The summed E-state index contributed by atoms with van der Waals surface area (Å²) in [5.41, 5.74) is 0. The fourth-order valence-electron chi connectivity index (χ4n) is 0.625. The minimum absolute atomic E-state index is 1.75. The monoisotopic (exact) mass is 358 g/mol. The van der Waals surface area contributed by atoms with Crippen molar-refractivity contribution in [2.24, 2.45) is 0 Å². The molecular weight excluding hydrogens is 347 g/mol. The van der Waals surface area contributed by atoms with Crippen LogP contribution in [0.4, 0.5) is 0 Å². The first kappa shape index (κ1) is 22.8. The molecule has 0 unspecified atom stereocenters. The lowest BCUT2D eigenvalue weighted by Gasteiger charge is -2.03. The van der Waals surface area contributed by atoms with Gasteiger partial charge >= 0.3 is 0 Å². The molecule has 0 aliphatic heterocycles. The van der Waals surface area contributed by atoms with Gasteiger partial charge in [-0.25, -0.2) is 0 Å². The molecule has 0 radical (unpaired) electrons. The fraction of sp³-hybridized carbons (Fsp3) is 0. The van der Waals surface area contributed by atoms with Gasteiger partial charge in [0.2, 0.25) is 0 Å². The molecule has 0 aromatic carbocycles. The Bertz CT molecular complexity index is 329. The van der Waals surface area contributed by atoms with E-state index in [1.165, 1.54) is 0 Å². The van der Waals surface area contributed by atoms with Crippen molar-refractivity contribution in [3.05, 3.63) is 61.2 Å². The Morgan fingerprint density at radius 2 is 0.682 bits per heavy atom. The van der Waals surface area contributed by atoms with Crippen LogP contribution in [0.3, 0.4) is 0 Å². The van der Waals surface area contributed by atoms with Crippen molar-refractivity contribution in [2.75, 3.05) is 0 Å². The normalized spacial score (nSPS) is 9.82.